The summed E-state index contributed by atoms with van der Waals surface area (Å²) in [5, 5.41) is 5.86. The monoisotopic (exact) mass is 316 g/mol. The molecule has 1 atom stereocenters. The molecule has 4 nitrogen and oxygen atoms in total. The summed E-state index contributed by atoms with van der Waals surface area (Å²) in [7, 11) is 0. The Kier molecular flexibility index (Phi) is 3.69. The van der Waals surface area contributed by atoms with Crippen LogP contribution in [-0.4, -0.2) is 17.9 Å². The maximum Gasteiger partial charge on any atom is 0.246 e. The van der Waals surface area contributed by atoms with Crippen LogP contribution in [0.5, 0.6) is 0 Å². The van der Waals surface area contributed by atoms with Gasteiger partial charge in [-0.15, -0.1) is 0 Å². The first-order valence-corrected chi connectivity index (χ1v) is 6.29. The summed E-state index contributed by atoms with van der Waals surface area (Å²) < 4.78 is 0.638. The predicted octanol–water partition coefficient (Wildman–Crippen LogP) is 2.32. The maximum atomic E-state index is 11.8. The Morgan fingerprint density at radius 1 is 1.53 bits per heavy atom. The van der Waals surface area contributed by atoms with E-state index in [-0.39, 0.29) is 11.8 Å². The second-order valence-corrected chi connectivity index (χ2v) is 4.95. The first kappa shape index (κ1) is 12.4. The van der Waals surface area contributed by atoms with Crippen LogP contribution in [0.1, 0.15) is 12.8 Å². The topological polar surface area (TPSA) is 58.2 Å². The lowest BCUT2D eigenvalue weighted by atomic mass is 10.2. The summed E-state index contributed by atoms with van der Waals surface area (Å²) in [6.07, 6.45) is 0.928. The van der Waals surface area contributed by atoms with Crippen LogP contribution in [-0.2, 0) is 9.59 Å². The highest BCUT2D eigenvalue weighted by molar-refractivity contribution is 9.10. The molecule has 0 aromatic heterocycles. The predicted molar refractivity (Wildman–Crippen MR) is 68.9 cm³/mol. The zero-order chi connectivity index (χ0) is 12.4. The highest BCUT2D eigenvalue weighted by atomic mass is 79.9. The molecule has 90 valence electrons. The van der Waals surface area contributed by atoms with E-state index in [2.05, 4.69) is 26.6 Å². The van der Waals surface area contributed by atoms with Gasteiger partial charge in [0.1, 0.15) is 6.04 Å². The molecule has 1 aliphatic rings. The van der Waals surface area contributed by atoms with E-state index in [1.165, 1.54) is 0 Å². The van der Waals surface area contributed by atoms with Crippen molar-refractivity contribution in [3.8, 4) is 0 Å². The Bertz CT molecular complexity index is 479. The molecular formula is C11H10BrClN2O2. The molecule has 2 N–H and O–H groups in total. The third-order valence-corrected chi connectivity index (χ3v) is 3.92. The van der Waals surface area contributed by atoms with E-state index in [1.807, 2.05) is 0 Å². The molecule has 2 amide bonds. The molecule has 1 saturated heterocycles. The maximum absolute atomic E-state index is 11.8. The highest BCUT2D eigenvalue weighted by Crippen LogP contribution is 2.30. The van der Waals surface area contributed by atoms with Crippen molar-refractivity contribution in [2.45, 2.75) is 18.9 Å². The lowest BCUT2D eigenvalue weighted by molar-refractivity contribution is -0.122. The quantitative estimate of drug-likeness (QED) is 0.879. The molecule has 1 aromatic rings. The number of halogens is 2. The molecule has 2 rings (SSSR count). The number of carbonyl (C=O) groups is 2. The van der Waals surface area contributed by atoms with E-state index in [0.29, 0.717) is 28.0 Å². The summed E-state index contributed by atoms with van der Waals surface area (Å²) in [5.41, 5.74) is 0.601. The van der Waals surface area contributed by atoms with Gasteiger partial charge in [0.15, 0.2) is 0 Å². The molecule has 0 aliphatic carbocycles. The lowest BCUT2D eigenvalue weighted by Gasteiger charge is -2.12. The van der Waals surface area contributed by atoms with Gasteiger partial charge in [-0.2, -0.15) is 0 Å². The first-order chi connectivity index (χ1) is 8.08. The summed E-state index contributed by atoms with van der Waals surface area (Å²) in [5.74, 6) is -0.311. The van der Waals surface area contributed by atoms with Crippen LogP contribution in [0.15, 0.2) is 22.7 Å². The Labute approximate surface area is 112 Å². The van der Waals surface area contributed by atoms with E-state index in [0.717, 1.165) is 0 Å². The number of hydrogen-bond donors (Lipinski definition) is 2. The van der Waals surface area contributed by atoms with Crippen molar-refractivity contribution in [1.29, 1.82) is 0 Å². The molecule has 0 bridgehead atoms. The van der Waals surface area contributed by atoms with Crippen LogP contribution in [0.4, 0.5) is 5.69 Å². The van der Waals surface area contributed by atoms with Gasteiger partial charge in [0.25, 0.3) is 0 Å². The number of benzene rings is 1. The van der Waals surface area contributed by atoms with E-state index in [1.54, 1.807) is 18.2 Å². The van der Waals surface area contributed by atoms with Gasteiger partial charge in [0.05, 0.1) is 15.2 Å². The smallest absolute Gasteiger partial charge is 0.246 e. The van der Waals surface area contributed by atoms with Gasteiger partial charge in [0, 0.05) is 6.42 Å². The van der Waals surface area contributed by atoms with E-state index in [9.17, 15) is 9.59 Å². The molecule has 0 unspecified atom stereocenters. The molecule has 1 heterocycles. The summed E-state index contributed by atoms with van der Waals surface area (Å²) >= 11 is 9.21. The molecule has 0 radical (unpaired) electrons. The van der Waals surface area contributed by atoms with Crippen molar-refractivity contribution < 1.29 is 9.59 Å². The molecule has 0 spiro atoms. The fourth-order valence-corrected chi connectivity index (χ4v) is 2.17. The second-order valence-electron chi connectivity index (χ2n) is 3.75. The van der Waals surface area contributed by atoms with Crippen LogP contribution in [0.25, 0.3) is 0 Å². The van der Waals surface area contributed by atoms with Gasteiger partial charge in [-0.25, -0.2) is 0 Å². The molecule has 1 aliphatic heterocycles. The van der Waals surface area contributed by atoms with Gasteiger partial charge < -0.3 is 10.6 Å². The normalized spacial score (nSPS) is 18.9. The van der Waals surface area contributed by atoms with Crippen LogP contribution in [0.2, 0.25) is 5.02 Å². The van der Waals surface area contributed by atoms with Crippen LogP contribution in [0, 0.1) is 0 Å². The number of carbonyl (C=O) groups excluding carboxylic acids is 2. The Balaban J connectivity index is 2.08. The van der Waals surface area contributed by atoms with Crippen molar-refractivity contribution in [2.75, 3.05) is 5.32 Å². The van der Waals surface area contributed by atoms with Gasteiger partial charge in [-0.3, -0.25) is 9.59 Å². The molecule has 0 saturated carbocycles. The number of rotatable bonds is 2. The van der Waals surface area contributed by atoms with Crippen molar-refractivity contribution in [1.82, 2.24) is 5.32 Å². The van der Waals surface area contributed by atoms with Crippen LogP contribution >= 0.6 is 27.5 Å². The number of hydrogen-bond acceptors (Lipinski definition) is 2. The van der Waals surface area contributed by atoms with Gasteiger partial charge in [-0.1, -0.05) is 17.7 Å². The number of amides is 2. The van der Waals surface area contributed by atoms with E-state index >= 15 is 0 Å². The number of nitrogens with one attached hydrogen (secondary N) is 2. The average Bonchev–Trinajstić information content (AvgIpc) is 2.72. The Morgan fingerprint density at radius 2 is 2.29 bits per heavy atom. The molecular weight excluding hydrogens is 307 g/mol. The molecule has 1 aromatic carbocycles. The van der Waals surface area contributed by atoms with E-state index < -0.39 is 6.04 Å². The second kappa shape index (κ2) is 5.06. The lowest BCUT2D eigenvalue weighted by Crippen LogP contribution is -2.37. The fourth-order valence-electron chi connectivity index (χ4n) is 1.63. The summed E-state index contributed by atoms with van der Waals surface area (Å²) in [6, 6.07) is 4.76. The SMILES string of the molecule is O=C1CC[C@@H](C(=O)Nc2cccc(Cl)c2Br)N1. The zero-order valence-corrected chi connectivity index (χ0v) is 11.1. The van der Waals surface area contributed by atoms with Crippen LogP contribution in [0.3, 0.4) is 0 Å². The van der Waals surface area contributed by atoms with Crippen LogP contribution < -0.4 is 10.6 Å². The fraction of sp³-hybridized carbons (Fsp3) is 0.273. The van der Waals surface area contributed by atoms with Crippen molar-refractivity contribution in [2.24, 2.45) is 0 Å². The summed E-state index contributed by atoms with van der Waals surface area (Å²) in [4.78, 5) is 22.8. The van der Waals surface area contributed by atoms with Crippen molar-refractivity contribution >= 4 is 45.0 Å². The third kappa shape index (κ3) is 2.79. The van der Waals surface area contributed by atoms with E-state index in [4.69, 9.17) is 11.6 Å². The van der Waals surface area contributed by atoms with Gasteiger partial charge in [0.2, 0.25) is 11.8 Å². The minimum Gasteiger partial charge on any atom is -0.344 e. The number of anilines is 1. The first-order valence-electron chi connectivity index (χ1n) is 5.12. The van der Waals surface area contributed by atoms with Crippen molar-refractivity contribution in [3.63, 3.8) is 0 Å². The minimum atomic E-state index is -0.451. The standard InChI is InChI=1S/C11H10BrClN2O2/c12-10-6(13)2-1-3-7(10)15-11(17)8-4-5-9(16)14-8/h1-3,8H,4-5H2,(H,14,16)(H,15,17)/t8-/m0/s1. The largest absolute Gasteiger partial charge is 0.344 e. The third-order valence-electron chi connectivity index (χ3n) is 2.52. The zero-order valence-electron chi connectivity index (χ0n) is 8.80. The Hall–Kier alpha value is -1.07. The van der Waals surface area contributed by atoms with Gasteiger partial charge in [-0.05, 0) is 34.5 Å². The minimum absolute atomic E-state index is 0.0877. The summed E-state index contributed by atoms with van der Waals surface area (Å²) in [6.45, 7) is 0. The average molecular weight is 318 g/mol. The van der Waals surface area contributed by atoms with Crippen molar-refractivity contribution in [3.05, 3.63) is 27.7 Å². The van der Waals surface area contributed by atoms with Gasteiger partial charge >= 0.3 is 0 Å². The Morgan fingerprint density at radius 3 is 2.94 bits per heavy atom. The highest BCUT2D eigenvalue weighted by Gasteiger charge is 2.27. The molecule has 17 heavy (non-hydrogen) atoms. The molecule has 1 fully saturated rings. The molecule has 6 heteroatoms.